The molecule has 0 atom stereocenters. The fourth-order valence-corrected chi connectivity index (χ4v) is 2.67. The van der Waals surface area contributed by atoms with Gasteiger partial charge in [-0.25, -0.2) is 0 Å². The lowest BCUT2D eigenvalue weighted by atomic mass is 9.89. The molecule has 0 unspecified atom stereocenters. The third kappa shape index (κ3) is 4.48. The second-order valence-corrected chi connectivity index (χ2v) is 6.82. The van der Waals surface area contributed by atoms with Crippen molar-refractivity contribution >= 4 is 17.2 Å². The van der Waals surface area contributed by atoms with Gasteiger partial charge in [-0.15, -0.1) is 0 Å². The van der Waals surface area contributed by atoms with Gasteiger partial charge in [-0.3, -0.25) is 4.79 Å². The quantitative estimate of drug-likeness (QED) is 0.812. The number of carbonyl (C=O) groups is 1. The van der Waals surface area contributed by atoms with E-state index in [0.29, 0.717) is 12.6 Å². The Kier molecular flexibility index (Phi) is 5.27. The molecule has 1 saturated carbocycles. The average molecular weight is 288 g/mol. The second-order valence-electron chi connectivity index (χ2n) is 6.82. The van der Waals surface area contributed by atoms with Crippen LogP contribution >= 0.6 is 0 Å². The van der Waals surface area contributed by atoms with E-state index in [1.165, 1.54) is 32.1 Å². The fraction of sp³-hybridized carbons (Fsp3) is 0.611. The molecule has 1 aliphatic carbocycles. The van der Waals surface area contributed by atoms with Crippen molar-refractivity contribution < 1.29 is 4.79 Å². The van der Waals surface area contributed by atoms with Crippen LogP contribution in [0.4, 0.5) is 11.4 Å². The first kappa shape index (κ1) is 15.9. The molecule has 3 heteroatoms. The molecule has 0 aliphatic heterocycles. The van der Waals surface area contributed by atoms with Crippen LogP contribution in [0.2, 0.25) is 0 Å². The number of hydrogen-bond donors (Lipinski definition) is 2. The van der Waals surface area contributed by atoms with Crippen LogP contribution in [-0.2, 0) is 4.79 Å². The monoisotopic (exact) mass is 288 g/mol. The Labute approximate surface area is 128 Å². The predicted octanol–water partition coefficient (Wildman–Crippen LogP) is 4.46. The highest BCUT2D eigenvalue weighted by atomic mass is 16.1. The lowest BCUT2D eigenvalue weighted by molar-refractivity contribution is -0.124. The number of para-hydroxylation sites is 2. The number of hydrogen-bond acceptors (Lipinski definition) is 3. The lowest BCUT2D eigenvalue weighted by Crippen LogP contribution is -2.30. The van der Waals surface area contributed by atoms with Crippen LogP contribution in [0.3, 0.4) is 0 Å². The van der Waals surface area contributed by atoms with Gasteiger partial charge in [0.2, 0.25) is 0 Å². The second kappa shape index (κ2) is 6.97. The van der Waals surface area contributed by atoms with Gasteiger partial charge in [-0.1, -0.05) is 45.2 Å². The molecule has 116 valence electrons. The molecular formula is C18H28N2O. The average Bonchev–Trinajstić information content (AvgIpc) is 2.47. The van der Waals surface area contributed by atoms with Crippen LogP contribution in [0.25, 0.3) is 0 Å². The van der Waals surface area contributed by atoms with Gasteiger partial charge in [0.15, 0.2) is 0 Å². The van der Waals surface area contributed by atoms with Gasteiger partial charge in [0.05, 0.1) is 11.4 Å². The highest BCUT2D eigenvalue weighted by Gasteiger charge is 2.23. The standard InChI is InChI=1S/C18H28N2O/c1-14(21)18(2,3)13-19-16-11-7-8-12-17(16)20-15-9-5-4-6-10-15/h7-8,11-12,15,19-20H,4-6,9-10,13H2,1-3H3. The Morgan fingerprint density at radius 3 is 2.38 bits per heavy atom. The smallest absolute Gasteiger partial charge is 0.137 e. The summed E-state index contributed by atoms with van der Waals surface area (Å²) in [7, 11) is 0. The van der Waals surface area contributed by atoms with E-state index in [0.717, 1.165) is 11.4 Å². The lowest BCUT2D eigenvalue weighted by Gasteiger charge is -2.27. The molecule has 2 N–H and O–H groups in total. The van der Waals surface area contributed by atoms with Crippen LogP contribution in [0.5, 0.6) is 0 Å². The molecule has 0 radical (unpaired) electrons. The molecule has 21 heavy (non-hydrogen) atoms. The fourth-order valence-electron chi connectivity index (χ4n) is 2.67. The van der Waals surface area contributed by atoms with E-state index in [1.54, 1.807) is 6.92 Å². The zero-order valence-electron chi connectivity index (χ0n) is 13.5. The van der Waals surface area contributed by atoms with Crippen molar-refractivity contribution in [2.45, 2.75) is 58.9 Å². The van der Waals surface area contributed by atoms with Crippen molar-refractivity contribution in [2.75, 3.05) is 17.2 Å². The zero-order valence-corrected chi connectivity index (χ0v) is 13.5. The van der Waals surface area contributed by atoms with E-state index < -0.39 is 0 Å². The van der Waals surface area contributed by atoms with Crippen molar-refractivity contribution in [2.24, 2.45) is 5.41 Å². The Morgan fingerprint density at radius 1 is 1.14 bits per heavy atom. The third-order valence-corrected chi connectivity index (χ3v) is 4.57. The summed E-state index contributed by atoms with van der Waals surface area (Å²) in [6.07, 6.45) is 6.53. The first-order chi connectivity index (χ1) is 9.99. The van der Waals surface area contributed by atoms with E-state index in [2.05, 4.69) is 28.8 Å². The van der Waals surface area contributed by atoms with Gasteiger partial charge in [-0.2, -0.15) is 0 Å². The molecule has 0 spiro atoms. The predicted molar refractivity (Wildman–Crippen MR) is 89.9 cm³/mol. The summed E-state index contributed by atoms with van der Waals surface area (Å²) in [4.78, 5) is 11.6. The summed E-state index contributed by atoms with van der Waals surface area (Å²) in [5.74, 6) is 0.215. The number of carbonyl (C=O) groups excluding carboxylic acids is 1. The van der Waals surface area contributed by atoms with Gasteiger partial charge < -0.3 is 10.6 Å². The van der Waals surface area contributed by atoms with Crippen LogP contribution in [0.1, 0.15) is 52.9 Å². The number of anilines is 2. The van der Waals surface area contributed by atoms with Gasteiger partial charge in [0, 0.05) is 18.0 Å². The SMILES string of the molecule is CC(=O)C(C)(C)CNc1ccccc1NC1CCCCC1. The molecule has 3 nitrogen and oxygen atoms in total. The van der Waals surface area contributed by atoms with Crippen LogP contribution in [-0.4, -0.2) is 18.4 Å². The number of ketones is 1. The summed E-state index contributed by atoms with van der Waals surface area (Å²) in [5, 5.41) is 7.11. The van der Waals surface area contributed by atoms with Crippen molar-refractivity contribution in [3.8, 4) is 0 Å². The Balaban J connectivity index is 2.01. The molecular weight excluding hydrogens is 260 g/mol. The van der Waals surface area contributed by atoms with E-state index in [9.17, 15) is 4.79 Å². The van der Waals surface area contributed by atoms with Gasteiger partial charge >= 0.3 is 0 Å². The Morgan fingerprint density at radius 2 is 1.76 bits per heavy atom. The molecule has 0 bridgehead atoms. The summed E-state index contributed by atoms with van der Waals surface area (Å²) in [6, 6.07) is 8.89. The Bertz CT molecular complexity index is 476. The summed E-state index contributed by atoms with van der Waals surface area (Å²) < 4.78 is 0. The Hall–Kier alpha value is -1.51. The first-order valence-electron chi connectivity index (χ1n) is 8.09. The topological polar surface area (TPSA) is 41.1 Å². The summed E-state index contributed by atoms with van der Waals surface area (Å²) in [5.41, 5.74) is 1.92. The molecule has 2 rings (SSSR count). The van der Waals surface area contributed by atoms with Crippen LogP contribution in [0.15, 0.2) is 24.3 Å². The molecule has 0 heterocycles. The summed E-state index contributed by atoms with van der Waals surface area (Å²) in [6.45, 7) is 6.29. The number of Topliss-reactive ketones (excluding diaryl/α,β-unsaturated/α-hetero) is 1. The highest BCUT2D eigenvalue weighted by Crippen LogP contribution is 2.28. The minimum atomic E-state index is -0.335. The molecule has 1 aliphatic rings. The maximum Gasteiger partial charge on any atom is 0.137 e. The zero-order chi connectivity index (χ0) is 15.3. The van der Waals surface area contributed by atoms with E-state index in [1.807, 2.05) is 19.9 Å². The van der Waals surface area contributed by atoms with Gasteiger partial charge in [-0.05, 0) is 31.9 Å². The van der Waals surface area contributed by atoms with E-state index in [-0.39, 0.29) is 11.2 Å². The van der Waals surface area contributed by atoms with Crippen molar-refractivity contribution in [3.05, 3.63) is 24.3 Å². The number of rotatable bonds is 6. The molecule has 1 aromatic carbocycles. The third-order valence-electron chi connectivity index (χ3n) is 4.57. The van der Waals surface area contributed by atoms with E-state index in [4.69, 9.17) is 0 Å². The highest BCUT2D eigenvalue weighted by molar-refractivity contribution is 5.82. The maximum atomic E-state index is 11.6. The molecule has 1 fully saturated rings. The summed E-state index contributed by atoms with van der Waals surface area (Å²) >= 11 is 0. The van der Waals surface area contributed by atoms with Crippen LogP contribution in [0, 0.1) is 5.41 Å². The van der Waals surface area contributed by atoms with E-state index >= 15 is 0 Å². The van der Waals surface area contributed by atoms with Crippen molar-refractivity contribution in [1.82, 2.24) is 0 Å². The molecule has 0 aromatic heterocycles. The van der Waals surface area contributed by atoms with Crippen molar-refractivity contribution in [1.29, 1.82) is 0 Å². The maximum absolute atomic E-state index is 11.6. The van der Waals surface area contributed by atoms with Crippen molar-refractivity contribution in [3.63, 3.8) is 0 Å². The minimum absolute atomic E-state index is 0.215. The number of benzene rings is 1. The molecule has 0 amide bonds. The first-order valence-corrected chi connectivity index (χ1v) is 8.09. The van der Waals surface area contributed by atoms with Gasteiger partial charge in [0.25, 0.3) is 0 Å². The largest absolute Gasteiger partial charge is 0.382 e. The normalized spacial score (nSPS) is 16.5. The molecule has 0 saturated heterocycles. The number of nitrogens with one attached hydrogen (secondary N) is 2. The minimum Gasteiger partial charge on any atom is -0.382 e. The van der Waals surface area contributed by atoms with Crippen LogP contribution < -0.4 is 10.6 Å². The molecule has 1 aromatic rings. The van der Waals surface area contributed by atoms with Gasteiger partial charge in [0.1, 0.15) is 5.78 Å².